The molecule has 0 fully saturated rings. The van der Waals surface area contributed by atoms with E-state index in [1.54, 1.807) is 0 Å². The van der Waals surface area contributed by atoms with Gasteiger partial charge in [0.1, 0.15) is 12.4 Å². The number of aromatic nitrogens is 1. The molecule has 0 aliphatic rings. The fourth-order valence-corrected chi connectivity index (χ4v) is 2.25. The summed E-state index contributed by atoms with van der Waals surface area (Å²) in [7, 11) is 0. The lowest BCUT2D eigenvalue weighted by molar-refractivity contribution is 0.303. The maximum atomic E-state index is 5.94. The van der Waals surface area contributed by atoms with Crippen LogP contribution >= 0.6 is 0 Å². The van der Waals surface area contributed by atoms with Gasteiger partial charge in [-0.3, -0.25) is 4.98 Å². The van der Waals surface area contributed by atoms with Crippen molar-refractivity contribution < 1.29 is 4.74 Å². The summed E-state index contributed by atoms with van der Waals surface area (Å²) in [6, 6.07) is 22.3. The number of pyridine rings is 1. The maximum absolute atomic E-state index is 5.94. The molecule has 3 aromatic rings. The van der Waals surface area contributed by atoms with Crippen LogP contribution in [-0.4, -0.2) is 4.98 Å². The molecule has 0 amide bonds. The minimum Gasteiger partial charge on any atom is -0.488 e. The highest BCUT2D eigenvalue weighted by Crippen LogP contribution is 2.20. The van der Waals surface area contributed by atoms with Crippen molar-refractivity contribution in [3.05, 3.63) is 95.3 Å². The van der Waals surface area contributed by atoms with Crippen LogP contribution in [0.3, 0.4) is 0 Å². The molecule has 0 saturated carbocycles. The molecular formula is C21H19NO. The summed E-state index contributed by atoms with van der Waals surface area (Å²) in [4.78, 5) is 4.44. The largest absolute Gasteiger partial charge is 0.488 e. The number of aryl methyl sites for hydroxylation is 1. The molecule has 0 atom stereocenters. The second-order valence-corrected chi connectivity index (χ2v) is 5.39. The highest BCUT2D eigenvalue weighted by Gasteiger charge is 2.02. The fourth-order valence-electron chi connectivity index (χ4n) is 2.25. The van der Waals surface area contributed by atoms with E-state index in [1.807, 2.05) is 61.7 Å². The number of hydrogen-bond acceptors (Lipinski definition) is 2. The lowest BCUT2D eigenvalue weighted by Crippen LogP contribution is -1.98. The first-order valence-corrected chi connectivity index (χ1v) is 7.68. The van der Waals surface area contributed by atoms with Crippen LogP contribution in [0.2, 0.25) is 0 Å². The molecule has 0 radical (unpaired) electrons. The first kappa shape index (κ1) is 15.0. The van der Waals surface area contributed by atoms with E-state index in [-0.39, 0.29) is 0 Å². The predicted molar refractivity (Wildman–Crippen MR) is 95.1 cm³/mol. The average Bonchev–Trinajstić information content (AvgIpc) is 2.62. The summed E-state index contributed by atoms with van der Waals surface area (Å²) < 4.78 is 5.94. The molecule has 0 spiro atoms. The minimum absolute atomic E-state index is 0.563. The standard InChI is InChI=1S/C21H19NO/c1-17-15-22-20(13-12-18-8-4-2-5-9-18)14-21(17)23-16-19-10-6-3-7-11-19/h2-15H,16H2,1H3/b13-12+. The van der Waals surface area contributed by atoms with Crippen molar-refractivity contribution in [1.82, 2.24) is 4.98 Å². The molecule has 23 heavy (non-hydrogen) atoms. The molecule has 2 nitrogen and oxygen atoms in total. The molecule has 0 aliphatic heterocycles. The highest BCUT2D eigenvalue weighted by molar-refractivity contribution is 5.68. The van der Waals surface area contributed by atoms with Crippen molar-refractivity contribution >= 4 is 12.2 Å². The van der Waals surface area contributed by atoms with E-state index >= 15 is 0 Å². The number of ether oxygens (including phenoxy) is 1. The minimum atomic E-state index is 0.563. The monoisotopic (exact) mass is 301 g/mol. The van der Waals surface area contributed by atoms with Crippen molar-refractivity contribution in [1.29, 1.82) is 0 Å². The summed E-state index contributed by atoms with van der Waals surface area (Å²) in [6.07, 6.45) is 5.91. The van der Waals surface area contributed by atoms with Crippen molar-refractivity contribution in [2.45, 2.75) is 13.5 Å². The molecule has 0 unspecified atom stereocenters. The van der Waals surface area contributed by atoms with Gasteiger partial charge in [-0.05, 0) is 24.1 Å². The van der Waals surface area contributed by atoms with Gasteiger partial charge in [0.2, 0.25) is 0 Å². The van der Waals surface area contributed by atoms with Crippen molar-refractivity contribution in [3.63, 3.8) is 0 Å². The lowest BCUT2D eigenvalue weighted by atomic mass is 10.2. The smallest absolute Gasteiger partial charge is 0.126 e. The maximum Gasteiger partial charge on any atom is 0.126 e. The van der Waals surface area contributed by atoms with Crippen LogP contribution in [0.5, 0.6) is 5.75 Å². The van der Waals surface area contributed by atoms with Crippen molar-refractivity contribution in [2.75, 3.05) is 0 Å². The van der Waals surface area contributed by atoms with E-state index in [0.717, 1.165) is 28.1 Å². The molecule has 3 rings (SSSR count). The zero-order valence-electron chi connectivity index (χ0n) is 13.1. The number of rotatable bonds is 5. The Labute approximate surface area is 137 Å². The SMILES string of the molecule is Cc1cnc(/C=C/c2ccccc2)cc1OCc1ccccc1. The average molecular weight is 301 g/mol. The molecule has 0 aliphatic carbocycles. The van der Waals surface area contributed by atoms with Gasteiger partial charge in [0.25, 0.3) is 0 Å². The number of benzene rings is 2. The van der Waals surface area contributed by atoms with Gasteiger partial charge < -0.3 is 4.74 Å². The fraction of sp³-hybridized carbons (Fsp3) is 0.0952. The summed E-state index contributed by atoms with van der Waals surface area (Å²) in [5, 5.41) is 0. The van der Waals surface area contributed by atoms with Crippen LogP contribution in [0.15, 0.2) is 72.9 Å². The van der Waals surface area contributed by atoms with E-state index < -0.39 is 0 Å². The summed E-state index contributed by atoms with van der Waals surface area (Å²) in [5.74, 6) is 0.872. The summed E-state index contributed by atoms with van der Waals surface area (Å²) in [6.45, 7) is 2.57. The van der Waals surface area contributed by atoms with Crippen LogP contribution in [0.25, 0.3) is 12.2 Å². The normalized spacial score (nSPS) is 10.8. The molecule has 0 bridgehead atoms. The predicted octanol–water partition coefficient (Wildman–Crippen LogP) is 5.14. The Morgan fingerprint density at radius 1 is 0.913 bits per heavy atom. The number of nitrogens with zero attached hydrogens (tertiary/aromatic N) is 1. The van der Waals surface area contributed by atoms with Crippen molar-refractivity contribution in [2.24, 2.45) is 0 Å². The van der Waals surface area contributed by atoms with Crippen LogP contribution in [0.1, 0.15) is 22.4 Å². The van der Waals surface area contributed by atoms with E-state index in [4.69, 9.17) is 4.74 Å². The van der Waals surface area contributed by atoms with Crippen LogP contribution < -0.4 is 4.74 Å². The molecule has 0 saturated heterocycles. The second-order valence-electron chi connectivity index (χ2n) is 5.39. The Kier molecular flexibility index (Phi) is 4.85. The Morgan fingerprint density at radius 3 is 2.35 bits per heavy atom. The summed E-state index contributed by atoms with van der Waals surface area (Å²) in [5.41, 5.74) is 4.24. The van der Waals surface area contributed by atoms with Crippen LogP contribution in [0.4, 0.5) is 0 Å². The molecule has 2 heteroatoms. The van der Waals surface area contributed by atoms with Gasteiger partial charge >= 0.3 is 0 Å². The molecular weight excluding hydrogens is 282 g/mol. The Balaban J connectivity index is 1.72. The van der Waals surface area contributed by atoms with Crippen molar-refractivity contribution in [3.8, 4) is 5.75 Å². The molecule has 2 aromatic carbocycles. The zero-order valence-corrected chi connectivity index (χ0v) is 13.1. The zero-order chi connectivity index (χ0) is 15.9. The highest BCUT2D eigenvalue weighted by atomic mass is 16.5. The van der Waals surface area contributed by atoms with E-state index in [1.165, 1.54) is 0 Å². The van der Waals surface area contributed by atoms with Gasteiger partial charge in [0, 0.05) is 17.8 Å². The topological polar surface area (TPSA) is 22.1 Å². The van der Waals surface area contributed by atoms with E-state index in [0.29, 0.717) is 6.61 Å². The lowest BCUT2D eigenvalue weighted by Gasteiger charge is -2.09. The molecule has 1 aromatic heterocycles. The second kappa shape index (κ2) is 7.41. The first-order valence-electron chi connectivity index (χ1n) is 7.68. The molecule has 1 heterocycles. The Morgan fingerprint density at radius 2 is 1.61 bits per heavy atom. The van der Waals surface area contributed by atoms with Crippen LogP contribution in [0, 0.1) is 6.92 Å². The van der Waals surface area contributed by atoms with Gasteiger partial charge in [0.05, 0.1) is 5.69 Å². The third kappa shape index (κ3) is 4.30. The Bertz CT molecular complexity index is 779. The van der Waals surface area contributed by atoms with Gasteiger partial charge in [-0.2, -0.15) is 0 Å². The van der Waals surface area contributed by atoms with Crippen LogP contribution in [-0.2, 0) is 6.61 Å². The van der Waals surface area contributed by atoms with Gasteiger partial charge in [-0.15, -0.1) is 0 Å². The van der Waals surface area contributed by atoms with E-state index in [9.17, 15) is 0 Å². The third-order valence-electron chi connectivity index (χ3n) is 3.56. The third-order valence-corrected chi connectivity index (χ3v) is 3.56. The van der Waals surface area contributed by atoms with Gasteiger partial charge in [0.15, 0.2) is 0 Å². The quantitative estimate of drug-likeness (QED) is 0.651. The summed E-state index contributed by atoms with van der Waals surface area (Å²) >= 11 is 0. The number of hydrogen-bond donors (Lipinski definition) is 0. The van der Waals surface area contributed by atoms with E-state index in [2.05, 4.69) is 35.3 Å². The first-order chi connectivity index (χ1) is 11.3. The van der Waals surface area contributed by atoms with Gasteiger partial charge in [-0.25, -0.2) is 0 Å². The molecule has 0 N–H and O–H groups in total. The Hall–Kier alpha value is -2.87. The van der Waals surface area contributed by atoms with Gasteiger partial charge in [-0.1, -0.05) is 66.7 Å². The molecule has 114 valence electrons.